The van der Waals surface area contributed by atoms with Crippen molar-refractivity contribution in [3.05, 3.63) is 72.1 Å². The third-order valence-corrected chi connectivity index (χ3v) is 7.85. The van der Waals surface area contributed by atoms with Gasteiger partial charge in [0.15, 0.2) is 34.5 Å². The number of anilines is 5. The molecule has 0 bridgehead atoms. The van der Waals surface area contributed by atoms with E-state index in [0.717, 1.165) is 38.2 Å². The quantitative estimate of drug-likeness (QED) is 0.0874. The van der Waals surface area contributed by atoms with Crippen LogP contribution in [0, 0.1) is 11.6 Å². The number of benzene rings is 2. The first-order chi connectivity index (χ1) is 25.1. The topological polar surface area (TPSA) is 145 Å². The van der Waals surface area contributed by atoms with Gasteiger partial charge in [-0.2, -0.15) is 0 Å². The second kappa shape index (κ2) is 15.8. The van der Waals surface area contributed by atoms with Gasteiger partial charge in [0.2, 0.25) is 11.7 Å². The normalized spacial score (nSPS) is 13.1. The van der Waals surface area contributed by atoms with E-state index in [4.69, 9.17) is 23.4 Å². The summed E-state index contributed by atoms with van der Waals surface area (Å²) in [6, 6.07) is 7.36. The molecular formula is C36H37F4N5O8. The number of aromatic nitrogens is 1. The molecule has 1 aliphatic rings. The van der Waals surface area contributed by atoms with E-state index < -0.39 is 76.5 Å². The van der Waals surface area contributed by atoms with Crippen LogP contribution in [0.5, 0.6) is 11.5 Å². The van der Waals surface area contributed by atoms with E-state index in [1.807, 2.05) is 0 Å². The molecule has 17 heteroatoms. The van der Waals surface area contributed by atoms with Crippen molar-refractivity contribution in [2.75, 3.05) is 67.5 Å². The van der Waals surface area contributed by atoms with Crippen molar-refractivity contribution in [3.63, 3.8) is 0 Å². The molecule has 53 heavy (non-hydrogen) atoms. The van der Waals surface area contributed by atoms with Gasteiger partial charge in [0.05, 0.1) is 56.9 Å². The van der Waals surface area contributed by atoms with Crippen molar-refractivity contribution in [1.82, 2.24) is 4.98 Å². The van der Waals surface area contributed by atoms with Gasteiger partial charge >= 0.3 is 6.09 Å². The molecule has 3 heterocycles. The minimum absolute atomic E-state index is 0.0355. The van der Waals surface area contributed by atoms with Crippen LogP contribution in [0.3, 0.4) is 0 Å². The average Bonchev–Trinajstić information content (AvgIpc) is 3.49. The Hall–Kier alpha value is -5.84. The van der Waals surface area contributed by atoms with Crippen LogP contribution in [0.4, 0.5) is 50.9 Å². The number of nitrogens with zero attached hydrogens (tertiary/aromatic N) is 3. The van der Waals surface area contributed by atoms with Gasteiger partial charge in [0, 0.05) is 24.8 Å². The van der Waals surface area contributed by atoms with Crippen molar-refractivity contribution < 1.29 is 55.3 Å². The van der Waals surface area contributed by atoms with E-state index in [1.54, 1.807) is 18.2 Å². The Balaban J connectivity index is 1.69. The van der Waals surface area contributed by atoms with Crippen molar-refractivity contribution in [1.29, 1.82) is 0 Å². The first-order valence-electron chi connectivity index (χ1n) is 16.2. The van der Waals surface area contributed by atoms with Gasteiger partial charge in [0.1, 0.15) is 22.7 Å². The molecule has 2 N–H and O–H groups in total. The average molecular weight is 744 g/mol. The summed E-state index contributed by atoms with van der Waals surface area (Å²) < 4.78 is 86.1. The van der Waals surface area contributed by atoms with Crippen molar-refractivity contribution in [2.24, 2.45) is 0 Å². The standard InChI is InChI=1S/C36H37F4N5O8/c1-7-28(46)43-22-14-19(44-10-12-51-13-11-44)8-9-21(22)42-27-15-20-25(17-41-27)52-34(32(20)45(18-26(37)38)35(48)53-36(2,3)4)33(47)29-30(39)23(49-5)16-24(50-6)31(29)40/h7-9,14-17,26H,1,10-13,18H2,2-6H3,(H,41,42)(H,43,46). The molecule has 1 fully saturated rings. The Labute approximate surface area is 301 Å². The van der Waals surface area contributed by atoms with Gasteiger partial charge in [-0.3, -0.25) is 14.5 Å². The van der Waals surface area contributed by atoms with Crippen LogP contribution in [-0.4, -0.2) is 81.9 Å². The summed E-state index contributed by atoms with van der Waals surface area (Å²) in [4.78, 5) is 46.8. The number of carbonyl (C=O) groups excluding carboxylic acids is 3. The first kappa shape index (κ1) is 38.4. The van der Waals surface area contributed by atoms with E-state index in [0.29, 0.717) is 42.6 Å². The molecule has 2 amide bonds. The number of hydrogen-bond acceptors (Lipinski definition) is 11. The number of furan rings is 1. The Kier molecular flexibility index (Phi) is 11.5. The Morgan fingerprint density at radius 2 is 1.70 bits per heavy atom. The molecule has 0 atom stereocenters. The zero-order valence-electron chi connectivity index (χ0n) is 29.5. The summed E-state index contributed by atoms with van der Waals surface area (Å²) >= 11 is 0. The van der Waals surface area contributed by atoms with Crippen LogP contribution in [0.15, 0.2) is 53.6 Å². The lowest BCUT2D eigenvalue weighted by Gasteiger charge is -2.29. The highest BCUT2D eigenvalue weighted by Crippen LogP contribution is 2.41. The van der Waals surface area contributed by atoms with Crippen molar-refractivity contribution in [2.45, 2.75) is 32.8 Å². The van der Waals surface area contributed by atoms with E-state index in [-0.39, 0.29) is 16.8 Å². The number of nitrogens with one attached hydrogen (secondary N) is 2. The zero-order valence-corrected chi connectivity index (χ0v) is 29.5. The number of pyridine rings is 1. The highest BCUT2D eigenvalue weighted by atomic mass is 19.3. The lowest BCUT2D eigenvalue weighted by Crippen LogP contribution is -2.40. The van der Waals surface area contributed by atoms with Crippen LogP contribution in [0.2, 0.25) is 0 Å². The number of halogens is 4. The number of ketones is 1. The third-order valence-electron chi connectivity index (χ3n) is 7.85. The molecule has 5 rings (SSSR count). The fourth-order valence-electron chi connectivity index (χ4n) is 5.48. The first-order valence-corrected chi connectivity index (χ1v) is 16.2. The molecular weight excluding hydrogens is 706 g/mol. The highest BCUT2D eigenvalue weighted by Gasteiger charge is 2.37. The summed E-state index contributed by atoms with van der Waals surface area (Å²) in [6.45, 7) is 8.97. The minimum Gasteiger partial charge on any atom is -0.494 e. The summed E-state index contributed by atoms with van der Waals surface area (Å²) in [5.74, 6) is -6.81. The summed E-state index contributed by atoms with van der Waals surface area (Å²) in [5.41, 5.74) is -1.71. The highest BCUT2D eigenvalue weighted by molar-refractivity contribution is 6.18. The van der Waals surface area contributed by atoms with Crippen LogP contribution >= 0.6 is 0 Å². The van der Waals surface area contributed by atoms with Gasteiger partial charge in [0.25, 0.3) is 6.43 Å². The SMILES string of the molecule is C=CC(=O)Nc1cc(N2CCOCC2)ccc1Nc1cc2c(N(CC(F)F)C(=O)OC(C)(C)C)c(C(=O)c3c(F)c(OC)cc(OC)c3F)oc2cn1. The predicted octanol–water partition coefficient (Wildman–Crippen LogP) is 7.07. The molecule has 4 aromatic rings. The fourth-order valence-corrected chi connectivity index (χ4v) is 5.48. The van der Waals surface area contributed by atoms with E-state index in [1.165, 1.54) is 26.8 Å². The van der Waals surface area contributed by atoms with Crippen LogP contribution in [0.1, 0.15) is 36.9 Å². The molecule has 0 radical (unpaired) electrons. The number of morpholine rings is 1. The Morgan fingerprint density at radius 1 is 1.04 bits per heavy atom. The Bertz CT molecular complexity index is 2010. The fraction of sp³-hybridized carbons (Fsp3) is 0.333. The molecule has 0 unspecified atom stereocenters. The maximum absolute atomic E-state index is 15.6. The van der Waals surface area contributed by atoms with E-state index in [2.05, 4.69) is 27.1 Å². The number of methoxy groups -OCH3 is 2. The minimum atomic E-state index is -3.17. The molecule has 1 saturated heterocycles. The van der Waals surface area contributed by atoms with Gasteiger partial charge in [-0.15, -0.1) is 0 Å². The summed E-state index contributed by atoms with van der Waals surface area (Å²) in [5, 5.41) is 5.66. The summed E-state index contributed by atoms with van der Waals surface area (Å²) in [6.07, 6.45) is -2.26. The van der Waals surface area contributed by atoms with Crippen molar-refractivity contribution >= 4 is 57.3 Å². The van der Waals surface area contributed by atoms with Crippen molar-refractivity contribution in [3.8, 4) is 11.5 Å². The number of amides is 2. The number of hydrogen-bond donors (Lipinski definition) is 2. The molecule has 2 aromatic heterocycles. The summed E-state index contributed by atoms with van der Waals surface area (Å²) in [7, 11) is 2.15. The van der Waals surface area contributed by atoms with Crippen LogP contribution in [-0.2, 0) is 14.3 Å². The number of rotatable bonds is 12. The van der Waals surface area contributed by atoms with E-state index in [9.17, 15) is 23.2 Å². The number of fused-ring (bicyclic) bond motifs is 1. The number of alkyl halides is 2. The predicted molar refractivity (Wildman–Crippen MR) is 188 cm³/mol. The van der Waals surface area contributed by atoms with Gasteiger partial charge < -0.3 is 38.9 Å². The van der Waals surface area contributed by atoms with Crippen LogP contribution in [0.25, 0.3) is 11.0 Å². The second-order valence-electron chi connectivity index (χ2n) is 12.6. The van der Waals surface area contributed by atoms with E-state index >= 15 is 8.78 Å². The molecule has 13 nitrogen and oxygen atoms in total. The van der Waals surface area contributed by atoms with Gasteiger partial charge in [-0.1, -0.05) is 6.58 Å². The monoisotopic (exact) mass is 743 g/mol. The lowest BCUT2D eigenvalue weighted by atomic mass is 10.0. The maximum atomic E-state index is 15.6. The van der Waals surface area contributed by atoms with Gasteiger partial charge in [-0.05, 0) is 51.1 Å². The molecule has 0 spiro atoms. The number of carbonyl (C=O) groups is 3. The lowest BCUT2D eigenvalue weighted by molar-refractivity contribution is -0.111. The smallest absolute Gasteiger partial charge is 0.415 e. The third kappa shape index (κ3) is 8.46. The molecule has 0 saturated carbocycles. The molecule has 1 aliphatic heterocycles. The van der Waals surface area contributed by atoms with Crippen LogP contribution < -0.4 is 29.9 Å². The largest absolute Gasteiger partial charge is 0.494 e. The molecule has 2 aromatic carbocycles. The Morgan fingerprint density at radius 3 is 2.28 bits per heavy atom. The molecule has 282 valence electrons. The zero-order chi connectivity index (χ0) is 38.6. The number of ether oxygens (including phenoxy) is 4. The molecule has 0 aliphatic carbocycles. The second-order valence-corrected chi connectivity index (χ2v) is 12.6. The maximum Gasteiger partial charge on any atom is 0.415 e. The van der Waals surface area contributed by atoms with Gasteiger partial charge in [-0.25, -0.2) is 27.3 Å².